The lowest BCUT2D eigenvalue weighted by molar-refractivity contribution is 0.181. The molecule has 0 heterocycles. The van der Waals surface area contributed by atoms with Crippen LogP contribution in [0.25, 0.3) is 0 Å². The Kier molecular flexibility index (Phi) is 6.06. The number of aliphatic hydroxyl groups is 1. The maximum Gasteiger partial charge on any atom is 0.0471 e. The fourth-order valence-corrected chi connectivity index (χ4v) is 3.24. The number of rotatable bonds is 6. The Morgan fingerprint density at radius 3 is 2.35 bits per heavy atom. The van der Waals surface area contributed by atoms with E-state index in [2.05, 4.69) is 49.5 Å². The van der Waals surface area contributed by atoms with E-state index < -0.39 is 0 Å². The first-order valence-corrected chi connectivity index (χ1v) is 8.14. The molecular weight excluding hydrogens is 246 g/mol. The van der Waals surface area contributed by atoms with Crippen molar-refractivity contribution in [1.29, 1.82) is 0 Å². The van der Waals surface area contributed by atoms with E-state index in [0.29, 0.717) is 18.0 Å². The van der Waals surface area contributed by atoms with Gasteiger partial charge in [-0.1, -0.05) is 56.5 Å². The lowest BCUT2D eigenvalue weighted by atomic mass is 9.80. The van der Waals surface area contributed by atoms with E-state index in [9.17, 15) is 5.11 Å². The average molecular weight is 275 g/mol. The first-order valence-electron chi connectivity index (χ1n) is 8.14. The minimum Gasteiger partial charge on any atom is -0.396 e. The van der Waals surface area contributed by atoms with Gasteiger partial charge in [0, 0.05) is 18.7 Å². The smallest absolute Gasteiger partial charge is 0.0471 e. The number of nitrogens with one attached hydrogen (secondary N) is 1. The Hall–Kier alpha value is -0.860. The quantitative estimate of drug-likeness (QED) is 0.825. The molecule has 0 bridgehead atoms. The minimum atomic E-state index is 0.250. The zero-order chi connectivity index (χ0) is 14.4. The molecule has 112 valence electrons. The van der Waals surface area contributed by atoms with Gasteiger partial charge in [-0.05, 0) is 37.2 Å². The monoisotopic (exact) mass is 275 g/mol. The van der Waals surface area contributed by atoms with Crippen LogP contribution in [0.2, 0.25) is 0 Å². The fraction of sp³-hybridized carbons (Fsp3) is 0.667. The summed E-state index contributed by atoms with van der Waals surface area (Å²) in [6.07, 6.45) is 6.76. The third kappa shape index (κ3) is 4.07. The summed E-state index contributed by atoms with van der Waals surface area (Å²) in [4.78, 5) is 0. The zero-order valence-electron chi connectivity index (χ0n) is 12.9. The van der Waals surface area contributed by atoms with E-state index >= 15 is 0 Å². The molecule has 2 nitrogen and oxygen atoms in total. The van der Waals surface area contributed by atoms with Gasteiger partial charge in [0.15, 0.2) is 0 Å². The number of hydrogen-bond acceptors (Lipinski definition) is 2. The van der Waals surface area contributed by atoms with E-state index in [1.54, 1.807) is 0 Å². The first kappa shape index (κ1) is 15.5. The summed E-state index contributed by atoms with van der Waals surface area (Å²) >= 11 is 0. The average Bonchev–Trinajstić information content (AvgIpc) is 2.53. The Balaban J connectivity index is 2.11. The van der Waals surface area contributed by atoms with E-state index in [1.807, 2.05) is 0 Å². The molecule has 0 spiro atoms. The van der Waals surface area contributed by atoms with E-state index in [1.165, 1.54) is 37.7 Å². The molecule has 20 heavy (non-hydrogen) atoms. The van der Waals surface area contributed by atoms with E-state index in [-0.39, 0.29) is 6.61 Å². The van der Waals surface area contributed by atoms with Crippen molar-refractivity contribution in [2.75, 3.05) is 6.61 Å². The molecule has 0 aromatic heterocycles. The highest BCUT2D eigenvalue weighted by atomic mass is 16.3. The van der Waals surface area contributed by atoms with Crippen LogP contribution in [0.3, 0.4) is 0 Å². The van der Waals surface area contributed by atoms with Gasteiger partial charge in [-0.3, -0.25) is 0 Å². The molecule has 0 amide bonds. The molecule has 2 N–H and O–H groups in total. The van der Waals surface area contributed by atoms with Gasteiger partial charge in [-0.25, -0.2) is 0 Å². The summed E-state index contributed by atoms with van der Waals surface area (Å²) in [5.41, 5.74) is 1.40. The van der Waals surface area contributed by atoms with Crippen molar-refractivity contribution < 1.29 is 5.11 Å². The highest BCUT2D eigenvalue weighted by Gasteiger charge is 2.27. The molecule has 1 aromatic rings. The predicted octanol–water partition coefficient (Wildman–Crippen LogP) is 3.91. The van der Waals surface area contributed by atoms with Crippen LogP contribution in [0.15, 0.2) is 30.3 Å². The first-order chi connectivity index (χ1) is 9.72. The maximum absolute atomic E-state index is 9.36. The second-order valence-electron chi connectivity index (χ2n) is 6.40. The summed E-state index contributed by atoms with van der Waals surface area (Å²) < 4.78 is 0. The van der Waals surface area contributed by atoms with Gasteiger partial charge in [0.2, 0.25) is 0 Å². The maximum atomic E-state index is 9.36. The molecule has 0 aliphatic heterocycles. The molecule has 1 aromatic carbocycles. The number of hydrogen-bond donors (Lipinski definition) is 2. The lowest BCUT2D eigenvalue weighted by Crippen LogP contribution is -2.40. The fourth-order valence-electron chi connectivity index (χ4n) is 3.24. The van der Waals surface area contributed by atoms with Crippen LogP contribution in [-0.4, -0.2) is 17.8 Å². The second kappa shape index (κ2) is 7.80. The summed E-state index contributed by atoms with van der Waals surface area (Å²) in [7, 11) is 0. The van der Waals surface area contributed by atoms with E-state index in [4.69, 9.17) is 0 Å². The molecule has 3 unspecified atom stereocenters. The molecule has 1 fully saturated rings. The topological polar surface area (TPSA) is 32.3 Å². The van der Waals surface area contributed by atoms with Crippen LogP contribution in [-0.2, 0) is 0 Å². The Morgan fingerprint density at radius 2 is 1.75 bits per heavy atom. The van der Waals surface area contributed by atoms with Crippen LogP contribution < -0.4 is 5.32 Å². The minimum absolute atomic E-state index is 0.250. The van der Waals surface area contributed by atoms with E-state index in [0.717, 1.165) is 5.92 Å². The van der Waals surface area contributed by atoms with Gasteiger partial charge in [0.1, 0.15) is 0 Å². The largest absolute Gasteiger partial charge is 0.396 e. The SMILES string of the molecule is CC(CO)C(C)NC(c1ccccc1)C1CCCCC1. The van der Waals surface area contributed by atoms with Gasteiger partial charge in [-0.15, -0.1) is 0 Å². The summed E-state index contributed by atoms with van der Waals surface area (Å²) in [6.45, 7) is 4.56. The molecule has 3 atom stereocenters. The molecular formula is C18H29NO. The van der Waals surface area contributed by atoms with Gasteiger partial charge < -0.3 is 10.4 Å². The Morgan fingerprint density at radius 1 is 1.10 bits per heavy atom. The molecule has 0 radical (unpaired) electrons. The summed E-state index contributed by atoms with van der Waals surface area (Å²) in [5, 5.41) is 13.2. The van der Waals surface area contributed by atoms with Crippen LogP contribution in [0, 0.1) is 11.8 Å². The van der Waals surface area contributed by atoms with Crippen molar-refractivity contribution >= 4 is 0 Å². The van der Waals surface area contributed by atoms with Crippen molar-refractivity contribution in [1.82, 2.24) is 5.32 Å². The van der Waals surface area contributed by atoms with Crippen LogP contribution in [0.4, 0.5) is 0 Å². The Labute approximate surface area is 123 Å². The van der Waals surface area contributed by atoms with Crippen LogP contribution in [0.5, 0.6) is 0 Å². The third-order valence-corrected chi connectivity index (χ3v) is 4.86. The van der Waals surface area contributed by atoms with Crippen molar-refractivity contribution in [3.63, 3.8) is 0 Å². The standard InChI is InChI=1S/C18H29NO/c1-14(13-20)15(2)19-18(16-9-5-3-6-10-16)17-11-7-4-8-12-17/h3,5-6,9-10,14-15,17-20H,4,7-8,11-13H2,1-2H3. The molecule has 1 aliphatic carbocycles. The van der Waals surface area contributed by atoms with Crippen molar-refractivity contribution in [2.45, 2.75) is 58.0 Å². The molecule has 2 heteroatoms. The highest BCUT2D eigenvalue weighted by molar-refractivity contribution is 5.20. The summed E-state index contributed by atoms with van der Waals surface area (Å²) in [5.74, 6) is 1.03. The number of benzene rings is 1. The van der Waals surface area contributed by atoms with Crippen molar-refractivity contribution in [3.8, 4) is 0 Å². The zero-order valence-corrected chi connectivity index (χ0v) is 12.9. The molecule has 2 rings (SSSR count). The van der Waals surface area contributed by atoms with Crippen molar-refractivity contribution in [3.05, 3.63) is 35.9 Å². The van der Waals surface area contributed by atoms with Gasteiger partial charge >= 0.3 is 0 Å². The summed E-state index contributed by atoms with van der Waals surface area (Å²) in [6, 6.07) is 11.6. The third-order valence-electron chi connectivity index (χ3n) is 4.86. The van der Waals surface area contributed by atoms with Crippen molar-refractivity contribution in [2.24, 2.45) is 11.8 Å². The van der Waals surface area contributed by atoms with Gasteiger partial charge in [0.05, 0.1) is 0 Å². The Bertz CT molecular complexity index is 372. The van der Waals surface area contributed by atoms with Gasteiger partial charge in [-0.2, -0.15) is 0 Å². The molecule has 1 aliphatic rings. The second-order valence-corrected chi connectivity index (χ2v) is 6.40. The van der Waals surface area contributed by atoms with Crippen LogP contribution >= 0.6 is 0 Å². The molecule has 0 saturated heterocycles. The lowest BCUT2D eigenvalue weighted by Gasteiger charge is -2.35. The molecule has 1 saturated carbocycles. The predicted molar refractivity (Wildman–Crippen MR) is 84.6 cm³/mol. The highest BCUT2D eigenvalue weighted by Crippen LogP contribution is 2.35. The normalized spacial score (nSPS) is 21.4. The van der Waals surface area contributed by atoms with Gasteiger partial charge in [0.25, 0.3) is 0 Å². The number of aliphatic hydroxyl groups excluding tert-OH is 1. The van der Waals surface area contributed by atoms with Crippen LogP contribution in [0.1, 0.15) is 57.6 Å².